The second kappa shape index (κ2) is 9.40. The van der Waals surface area contributed by atoms with E-state index in [0.717, 1.165) is 56.4 Å². The average Bonchev–Trinajstić information content (AvgIpc) is 2.55. The lowest BCUT2D eigenvalue weighted by molar-refractivity contribution is 0.117. The lowest BCUT2D eigenvalue weighted by atomic mass is 9.93. The number of urea groups is 1. The molecule has 0 spiro atoms. The van der Waals surface area contributed by atoms with Crippen LogP contribution in [0.15, 0.2) is 24.3 Å². The minimum atomic E-state index is -0.196. The highest BCUT2D eigenvalue weighted by molar-refractivity contribution is 5.74. The molecule has 0 heterocycles. The first kappa shape index (κ1) is 17.6. The number of carbonyl (C=O) groups excluding carboxylic acids is 1. The number of hydrogen-bond acceptors (Lipinski definition) is 3. The Balaban J connectivity index is 1.67. The molecule has 0 saturated heterocycles. The van der Waals surface area contributed by atoms with E-state index in [4.69, 9.17) is 4.74 Å². The summed E-state index contributed by atoms with van der Waals surface area (Å²) >= 11 is 0. The molecule has 2 amide bonds. The zero-order valence-electron chi connectivity index (χ0n) is 13.9. The van der Waals surface area contributed by atoms with Gasteiger partial charge < -0.3 is 20.5 Å². The van der Waals surface area contributed by atoms with Crippen molar-refractivity contribution >= 4 is 6.03 Å². The van der Waals surface area contributed by atoms with Gasteiger partial charge in [-0.15, -0.1) is 0 Å². The third-order valence-corrected chi connectivity index (χ3v) is 4.10. The second-order valence-electron chi connectivity index (χ2n) is 6.15. The van der Waals surface area contributed by atoms with E-state index in [0.29, 0.717) is 6.54 Å². The molecular weight excluding hydrogens is 292 g/mol. The van der Waals surface area contributed by atoms with E-state index < -0.39 is 0 Å². The second-order valence-corrected chi connectivity index (χ2v) is 6.15. The molecule has 128 valence electrons. The molecule has 1 aromatic carbocycles. The van der Waals surface area contributed by atoms with Gasteiger partial charge in [-0.05, 0) is 56.2 Å². The Labute approximate surface area is 138 Å². The number of carbonyl (C=O) groups is 1. The molecular formula is C18H28N2O3. The van der Waals surface area contributed by atoms with Crippen LogP contribution in [0.2, 0.25) is 0 Å². The molecule has 0 radical (unpaired) electrons. The topological polar surface area (TPSA) is 70.6 Å². The predicted molar refractivity (Wildman–Crippen MR) is 90.7 cm³/mol. The van der Waals surface area contributed by atoms with Gasteiger partial charge in [0.15, 0.2) is 0 Å². The molecule has 0 aromatic heterocycles. The number of aliphatic hydroxyl groups is 1. The summed E-state index contributed by atoms with van der Waals surface area (Å²) in [5.41, 5.74) is 1.15. The molecule has 0 unspecified atom stereocenters. The van der Waals surface area contributed by atoms with Crippen LogP contribution in [0.1, 0.15) is 44.6 Å². The molecule has 3 N–H and O–H groups in total. The van der Waals surface area contributed by atoms with Crippen LogP contribution in [-0.4, -0.2) is 36.4 Å². The van der Waals surface area contributed by atoms with E-state index in [1.165, 1.54) is 0 Å². The summed E-state index contributed by atoms with van der Waals surface area (Å²) < 4.78 is 5.61. The van der Waals surface area contributed by atoms with Crippen molar-refractivity contribution in [3.8, 4) is 5.75 Å². The van der Waals surface area contributed by atoms with E-state index in [1.54, 1.807) is 0 Å². The van der Waals surface area contributed by atoms with Gasteiger partial charge in [-0.1, -0.05) is 19.1 Å². The maximum atomic E-state index is 11.9. The Bertz CT molecular complexity index is 485. The Hall–Kier alpha value is -1.75. The monoisotopic (exact) mass is 320 g/mol. The largest absolute Gasteiger partial charge is 0.494 e. The van der Waals surface area contributed by atoms with Gasteiger partial charge in [0.25, 0.3) is 0 Å². The highest BCUT2D eigenvalue weighted by atomic mass is 16.5. The fraction of sp³-hybridized carbons (Fsp3) is 0.611. The van der Waals surface area contributed by atoms with Crippen molar-refractivity contribution < 1.29 is 14.6 Å². The van der Waals surface area contributed by atoms with Crippen LogP contribution < -0.4 is 15.4 Å². The fourth-order valence-electron chi connectivity index (χ4n) is 2.79. The van der Waals surface area contributed by atoms with E-state index >= 15 is 0 Å². The number of nitrogens with one attached hydrogen (secondary N) is 2. The molecule has 1 aromatic rings. The SMILES string of the molecule is CCCOc1cccc(CCNC(=O)NC2CCC(O)CC2)c1. The summed E-state index contributed by atoms with van der Waals surface area (Å²) in [6.07, 6.45) is 4.82. The Kier molecular flexibility index (Phi) is 7.20. The Morgan fingerprint density at radius 1 is 1.30 bits per heavy atom. The van der Waals surface area contributed by atoms with Crippen LogP contribution in [-0.2, 0) is 6.42 Å². The van der Waals surface area contributed by atoms with Crippen molar-refractivity contribution in [3.63, 3.8) is 0 Å². The molecule has 0 bridgehead atoms. The number of hydrogen-bond donors (Lipinski definition) is 3. The van der Waals surface area contributed by atoms with Gasteiger partial charge in [-0.25, -0.2) is 4.79 Å². The average molecular weight is 320 g/mol. The Morgan fingerprint density at radius 3 is 2.83 bits per heavy atom. The number of benzene rings is 1. The van der Waals surface area contributed by atoms with E-state index in [-0.39, 0.29) is 18.2 Å². The first-order valence-corrected chi connectivity index (χ1v) is 8.61. The summed E-state index contributed by atoms with van der Waals surface area (Å²) in [5, 5.41) is 15.3. The molecule has 5 heteroatoms. The summed E-state index contributed by atoms with van der Waals surface area (Å²) in [5.74, 6) is 0.884. The first-order chi connectivity index (χ1) is 11.2. The lowest BCUT2D eigenvalue weighted by Crippen LogP contribution is -2.44. The van der Waals surface area contributed by atoms with Crippen LogP contribution in [0.3, 0.4) is 0 Å². The molecule has 1 aliphatic carbocycles. The van der Waals surface area contributed by atoms with Gasteiger partial charge in [0.05, 0.1) is 12.7 Å². The normalized spacial score (nSPS) is 20.8. The van der Waals surface area contributed by atoms with Crippen molar-refractivity contribution in [1.29, 1.82) is 0 Å². The standard InChI is InChI=1S/C18H28N2O3/c1-2-12-23-17-5-3-4-14(13-17)10-11-19-18(22)20-15-6-8-16(21)9-7-15/h3-5,13,15-16,21H,2,6-12H2,1H3,(H2,19,20,22). The summed E-state index contributed by atoms with van der Waals surface area (Å²) in [6.45, 7) is 3.40. The molecule has 0 atom stereocenters. The third kappa shape index (κ3) is 6.48. The molecule has 1 fully saturated rings. The maximum absolute atomic E-state index is 11.9. The third-order valence-electron chi connectivity index (χ3n) is 4.10. The minimum absolute atomic E-state index is 0.121. The van der Waals surface area contributed by atoms with Crippen LogP contribution >= 0.6 is 0 Å². The van der Waals surface area contributed by atoms with Crippen molar-refractivity contribution in [1.82, 2.24) is 10.6 Å². The minimum Gasteiger partial charge on any atom is -0.494 e. The van der Waals surface area contributed by atoms with Crippen LogP contribution in [0, 0.1) is 0 Å². The summed E-state index contributed by atoms with van der Waals surface area (Å²) in [6, 6.07) is 8.07. The van der Waals surface area contributed by atoms with Crippen molar-refractivity contribution in [2.45, 2.75) is 57.6 Å². The van der Waals surface area contributed by atoms with Crippen LogP contribution in [0.25, 0.3) is 0 Å². The number of ether oxygens (including phenoxy) is 1. The Morgan fingerprint density at radius 2 is 2.09 bits per heavy atom. The first-order valence-electron chi connectivity index (χ1n) is 8.61. The maximum Gasteiger partial charge on any atom is 0.315 e. The summed E-state index contributed by atoms with van der Waals surface area (Å²) in [4.78, 5) is 11.9. The van der Waals surface area contributed by atoms with Gasteiger partial charge in [0.2, 0.25) is 0 Å². The predicted octanol–water partition coefficient (Wildman–Crippen LogP) is 2.62. The van der Waals surface area contributed by atoms with Crippen LogP contribution in [0.4, 0.5) is 4.79 Å². The zero-order valence-corrected chi connectivity index (χ0v) is 13.9. The van der Waals surface area contributed by atoms with Gasteiger partial charge in [0, 0.05) is 12.6 Å². The van der Waals surface area contributed by atoms with E-state index in [2.05, 4.69) is 17.6 Å². The lowest BCUT2D eigenvalue weighted by Gasteiger charge is -2.26. The smallest absolute Gasteiger partial charge is 0.315 e. The molecule has 2 rings (SSSR count). The quantitative estimate of drug-likeness (QED) is 0.723. The molecule has 1 aliphatic rings. The number of aliphatic hydroxyl groups excluding tert-OH is 1. The van der Waals surface area contributed by atoms with Crippen molar-refractivity contribution in [3.05, 3.63) is 29.8 Å². The van der Waals surface area contributed by atoms with Gasteiger partial charge in [-0.3, -0.25) is 0 Å². The molecule has 0 aliphatic heterocycles. The number of rotatable bonds is 7. The summed E-state index contributed by atoms with van der Waals surface area (Å²) in [7, 11) is 0. The van der Waals surface area contributed by atoms with Gasteiger partial charge >= 0.3 is 6.03 Å². The molecule has 1 saturated carbocycles. The van der Waals surface area contributed by atoms with Crippen molar-refractivity contribution in [2.75, 3.05) is 13.2 Å². The number of amides is 2. The van der Waals surface area contributed by atoms with E-state index in [1.807, 2.05) is 24.3 Å². The van der Waals surface area contributed by atoms with Crippen LogP contribution in [0.5, 0.6) is 5.75 Å². The zero-order chi connectivity index (χ0) is 16.5. The van der Waals surface area contributed by atoms with E-state index in [9.17, 15) is 9.90 Å². The molecule has 23 heavy (non-hydrogen) atoms. The fourth-order valence-corrected chi connectivity index (χ4v) is 2.79. The van der Waals surface area contributed by atoms with Gasteiger partial charge in [-0.2, -0.15) is 0 Å². The van der Waals surface area contributed by atoms with Crippen molar-refractivity contribution in [2.24, 2.45) is 0 Å². The highest BCUT2D eigenvalue weighted by Gasteiger charge is 2.20. The van der Waals surface area contributed by atoms with Gasteiger partial charge in [0.1, 0.15) is 5.75 Å². The molecule has 5 nitrogen and oxygen atoms in total. The highest BCUT2D eigenvalue weighted by Crippen LogP contribution is 2.18.